The lowest BCUT2D eigenvalue weighted by atomic mass is 10.3. The van der Waals surface area contributed by atoms with Crippen LogP contribution in [0.2, 0.25) is 0 Å². The highest BCUT2D eigenvalue weighted by Gasteiger charge is 2.19. The number of hydrogen-bond acceptors (Lipinski definition) is 4. The average molecular weight is 166 g/mol. The Kier molecular flexibility index (Phi) is 1.83. The lowest BCUT2D eigenvalue weighted by Gasteiger charge is -2.24. The Morgan fingerprint density at radius 3 is 3.42 bits per heavy atom. The van der Waals surface area contributed by atoms with Gasteiger partial charge in [0.1, 0.15) is 12.7 Å². The number of rotatable bonds is 1. The molecular weight excluding hydrogens is 156 g/mol. The van der Waals surface area contributed by atoms with Crippen molar-refractivity contribution in [1.82, 2.24) is 4.98 Å². The van der Waals surface area contributed by atoms with E-state index in [-0.39, 0.29) is 6.10 Å². The predicted octanol–water partition coefficient (Wildman–Crippen LogP) is 0.180. The molecule has 2 rings (SSSR count). The summed E-state index contributed by atoms with van der Waals surface area (Å²) in [5.41, 5.74) is 5.43. The number of aromatic nitrogens is 1. The third-order valence-corrected chi connectivity index (χ3v) is 1.70. The van der Waals surface area contributed by atoms with E-state index in [4.69, 9.17) is 15.2 Å². The molecule has 2 N–H and O–H groups in total. The molecule has 0 radical (unpaired) electrons. The first-order chi connectivity index (χ1) is 5.90. The van der Waals surface area contributed by atoms with Crippen molar-refractivity contribution in [3.05, 3.63) is 18.3 Å². The first kappa shape index (κ1) is 7.36. The van der Waals surface area contributed by atoms with Crippen molar-refractivity contribution in [2.45, 2.75) is 6.10 Å². The van der Waals surface area contributed by atoms with Crippen molar-refractivity contribution < 1.29 is 9.47 Å². The molecule has 0 aromatic carbocycles. The van der Waals surface area contributed by atoms with E-state index < -0.39 is 0 Å². The SMILES string of the molecule is NC[C@@H]1COc2ncccc2O1. The number of hydrogen-bond donors (Lipinski definition) is 1. The van der Waals surface area contributed by atoms with E-state index in [1.165, 1.54) is 0 Å². The molecule has 1 atom stereocenters. The number of nitrogens with two attached hydrogens (primary N) is 1. The number of fused-ring (bicyclic) bond motifs is 1. The van der Waals surface area contributed by atoms with Crippen LogP contribution in [0.3, 0.4) is 0 Å². The zero-order chi connectivity index (χ0) is 8.39. The highest BCUT2D eigenvalue weighted by atomic mass is 16.6. The molecule has 0 spiro atoms. The molecule has 1 aromatic rings. The van der Waals surface area contributed by atoms with Crippen LogP contribution in [0.4, 0.5) is 0 Å². The van der Waals surface area contributed by atoms with Crippen LogP contribution in [0, 0.1) is 0 Å². The Bertz CT molecular complexity index is 278. The molecule has 12 heavy (non-hydrogen) atoms. The van der Waals surface area contributed by atoms with Gasteiger partial charge in [0, 0.05) is 12.7 Å². The van der Waals surface area contributed by atoms with Gasteiger partial charge >= 0.3 is 0 Å². The van der Waals surface area contributed by atoms with Crippen LogP contribution in [0.25, 0.3) is 0 Å². The summed E-state index contributed by atoms with van der Waals surface area (Å²) in [6, 6.07) is 3.63. The molecule has 4 heteroatoms. The highest BCUT2D eigenvalue weighted by molar-refractivity contribution is 5.33. The first-order valence-electron chi connectivity index (χ1n) is 3.84. The van der Waals surface area contributed by atoms with Crippen LogP contribution in [-0.2, 0) is 0 Å². The monoisotopic (exact) mass is 166 g/mol. The normalized spacial score (nSPS) is 20.6. The first-order valence-corrected chi connectivity index (χ1v) is 3.84. The average Bonchev–Trinajstić information content (AvgIpc) is 2.17. The Balaban J connectivity index is 2.23. The minimum Gasteiger partial charge on any atom is -0.480 e. The standard InChI is InChI=1S/C8H10N2O2/c9-4-6-5-11-8-7(12-6)2-1-3-10-8/h1-3,6H,4-5,9H2/t6-/m1/s1. The molecule has 0 fully saturated rings. The summed E-state index contributed by atoms with van der Waals surface area (Å²) >= 11 is 0. The molecule has 2 heterocycles. The Labute approximate surface area is 70.3 Å². The second-order valence-electron chi connectivity index (χ2n) is 2.59. The minimum atomic E-state index is -0.0401. The molecule has 64 valence electrons. The van der Waals surface area contributed by atoms with Gasteiger partial charge in [0.25, 0.3) is 5.88 Å². The largest absolute Gasteiger partial charge is 0.480 e. The van der Waals surface area contributed by atoms with Crippen LogP contribution in [0.5, 0.6) is 11.6 Å². The van der Waals surface area contributed by atoms with Gasteiger partial charge in [-0.25, -0.2) is 4.98 Å². The van der Waals surface area contributed by atoms with Gasteiger partial charge in [0.2, 0.25) is 0 Å². The Morgan fingerprint density at radius 1 is 1.67 bits per heavy atom. The van der Waals surface area contributed by atoms with Crippen molar-refractivity contribution in [2.75, 3.05) is 13.2 Å². The van der Waals surface area contributed by atoms with Crippen molar-refractivity contribution in [1.29, 1.82) is 0 Å². The predicted molar refractivity (Wildman–Crippen MR) is 43.2 cm³/mol. The van der Waals surface area contributed by atoms with Crippen LogP contribution in [0.1, 0.15) is 0 Å². The molecule has 1 aromatic heterocycles. The number of nitrogens with zero attached hydrogens (tertiary/aromatic N) is 1. The van der Waals surface area contributed by atoms with Gasteiger partial charge in [0.15, 0.2) is 5.75 Å². The maximum Gasteiger partial charge on any atom is 0.257 e. The molecule has 0 saturated carbocycles. The fourth-order valence-corrected chi connectivity index (χ4v) is 1.08. The van der Waals surface area contributed by atoms with E-state index >= 15 is 0 Å². The van der Waals surface area contributed by atoms with Gasteiger partial charge in [-0.1, -0.05) is 0 Å². The summed E-state index contributed by atoms with van der Waals surface area (Å²) < 4.78 is 10.8. The van der Waals surface area contributed by atoms with Crippen molar-refractivity contribution in [2.24, 2.45) is 5.73 Å². The van der Waals surface area contributed by atoms with E-state index in [1.807, 2.05) is 6.07 Å². The van der Waals surface area contributed by atoms with Crippen molar-refractivity contribution in [3.63, 3.8) is 0 Å². The minimum absolute atomic E-state index is 0.0401. The maximum atomic E-state index is 5.47. The third-order valence-electron chi connectivity index (χ3n) is 1.70. The molecule has 1 aliphatic rings. The van der Waals surface area contributed by atoms with Crippen molar-refractivity contribution >= 4 is 0 Å². The third kappa shape index (κ3) is 1.21. The molecule has 0 bridgehead atoms. The molecule has 1 aliphatic heterocycles. The van der Waals surface area contributed by atoms with Gasteiger partial charge < -0.3 is 15.2 Å². The topological polar surface area (TPSA) is 57.4 Å². The highest BCUT2D eigenvalue weighted by Crippen LogP contribution is 2.27. The summed E-state index contributed by atoms with van der Waals surface area (Å²) in [5.74, 6) is 1.24. The van der Waals surface area contributed by atoms with Gasteiger partial charge in [0.05, 0.1) is 0 Å². The Morgan fingerprint density at radius 2 is 2.58 bits per heavy atom. The van der Waals surface area contributed by atoms with Gasteiger partial charge in [-0.05, 0) is 12.1 Å². The molecule has 0 amide bonds. The van der Waals surface area contributed by atoms with Crippen LogP contribution < -0.4 is 15.2 Å². The molecule has 0 aliphatic carbocycles. The number of pyridine rings is 1. The van der Waals surface area contributed by atoms with Crippen LogP contribution >= 0.6 is 0 Å². The second-order valence-corrected chi connectivity index (χ2v) is 2.59. The second kappa shape index (κ2) is 2.98. The quantitative estimate of drug-likeness (QED) is 0.646. The maximum absolute atomic E-state index is 5.47. The molecule has 0 unspecified atom stereocenters. The van der Waals surface area contributed by atoms with E-state index in [0.29, 0.717) is 24.8 Å². The van der Waals surface area contributed by atoms with E-state index in [2.05, 4.69) is 4.98 Å². The smallest absolute Gasteiger partial charge is 0.257 e. The molecule has 0 saturated heterocycles. The summed E-state index contributed by atoms with van der Waals surface area (Å²) in [6.45, 7) is 0.953. The summed E-state index contributed by atoms with van der Waals surface area (Å²) in [7, 11) is 0. The van der Waals surface area contributed by atoms with E-state index in [1.54, 1.807) is 12.3 Å². The van der Waals surface area contributed by atoms with Gasteiger partial charge in [-0.15, -0.1) is 0 Å². The molecular formula is C8H10N2O2. The fourth-order valence-electron chi connectivity index (χ4n) is 1.08. The van der Waals surface area contributed by atoms with Crippen molar-refractivity contribution in [3.8, 4) is 11.6 Å². The number of ether oxygens (including phenoxy) is 2. The Hall–Kier alpha value is -1.29. The fraction of sp³-hybridized carbons (Fsp3) is 0.375. The zero-order valence-electron chi connectivity index (χ0n) is 6.56. The lowest BCUT2D eigenvalue weighted by Crippen LogP contribution is -2.35. The van der Waals surface area contributed by atoms with Crippen LogP contribution in [-0.4, -0.2) is 24.2 Å². The van der Waals surface area contributed by atoms with Gasteiger partial charge in [-0.3, -0.25) is 0 Å². The zero-order valence-corrected chi connectivity index (χ0v) is 6.56. The summed E-state index contributed by atoms with van der Waals surface area (Å²) in [4.78, 5) is 4.00. The summed E-state index contributed by atoms with van der Waals surface area (Å²) in [6.07, 6.45) is 1.63. The summed E-state index contributed by atoms with van der Waals surface area (Å²) in [5, 5.41) is 0. The van der Waals surface area contributed by atoms with Gasteiger partial charge in [-0.2, -0.15) is 0 Å². The lowest BCUT2D eigenvalue weighted by molar-refractivity contribution is 0.0919. The molecule has 4 nitrogen and oxygen atoms in total. The van der Waals surface area contributed by atoms with E-state index in [9.17, 15) is 0 Å². The van der Waals surface area contributed by atoms with Crippen LogP contribution in [0.15, 0.2) is 18.3 Å². The van der Waals surface area contributed by atoms with E-state index in [0.717, 1.165) is 0 Å².